The SMILES string of the molecule is Cc1c(O)cc(N)c2c1CN1CCC[C@H]1C2O. The van der Waals surface area contributed by atoms with Crippen LogP contribution in [0.15, 0.2) is 6.07 Å². The Kier molecular flexibility index (Phi) is 2.31. The van der Waals surface area contributed by atoms with E-state index in [2.05, 4.69) is 4.90 Å². The Morgan fingerprint density at radius 2 is 2.24 bits per heavy atom. The summed E-state index contributed by atoms with van der Waals surface area (Å²) >= 11 is 0. The standard InChI is InChI=1S/C13H18N2O2/c1-7-8-6-15-4-2-3-10(15)13(17)12(8)9(14)5-11(7)16/h5,10,13,16-17H,2-4,6,14H2,1H3/t10-,13?/m0/s1. The number of phenolic OH excluding ortho intramolecular Hbond substituents is 1. The maximum Gasteiger partial charge on any atom is 0.120 e. The molecule has 3 rings (SSSR count). The lowest BCUT2D eigenvalue weighted by Crippen LogP contribution is -2.39. The van der Waals surface area contributed by atoms with Gasteiger partial charge >= 0.3 is 0 Å². The van der Waals surface area contributed by atoms with E-state index in [4.69, 9.17) is 5.73 Å². The van der Waals surface area contributed by atoms with Crippen molar-refractivity contribution in [1.29, 1.82) is 0 Å². The summed E-state index contributed by atoms with van der Waals surface area (Å²) < 4.78 is 0. The van der Waals surface area contributed by atoms with E-state index in [1.165, 1.54) is 0 Å². The predicted octanol–water partition coefficient (Wildman–Crippen LogP) is 1.29. The number of nitrogens with zero attached hydrogens (tertiary/aromatic N) is 1. The summed E-state index contributed by atoms with van der Waals surface area (Å²) in [5.41, 5.74) is 9.15. The molecular formula is C13H18N2O2. The molecule has 1 aromatic rings. The highest BCUT2D eigenvalue weighted by atomic mass is 16.3. The Morgan fingerprint density at radius 1 is 1.47 bits per heavy atom. The second kappa shape index (κ2) is 3.62. The molecule has 17 heavy (non-hydrogen) atoms. The Bertz CT molecular complexity index is 473. The van der Waals surface area contributed by atoms with E-state index >= 15 is 0 Å². The smallest absolute Gasteiger partial charge is 0.120 e. The van der Waals surface area contributed by atoms with Crippen LogP contribution in [-0.2, 0) is 6.54 Å². The first-order valence-corrected chi connectivity index (χ1v) is 6.12. The number of nitrogen functional groups attached to an aromatic ring is 1. The van der Waals surface area contributed by atoms with Crippen molar-refractivity contribution < 1.29 is 10.2 Å². The van der Waals surface area contributed by atoms with Crippen LogP contribution in [0.2, 0.25) is 0 Å². The van der Waals surface area contributed by atoms with Gasteiger partial charge in [-0.05, 0) is 37.4 Å². The van der Waals surface area contributed by atoms with Gasteiger partial charge in [0.1, 0.15) is 5.75 Å². The van der Waals surface area contributed by atoms with Crippen molar-refractivity contribution >= 4 is 5.69 Å². The molecule has 4 heteroatoms. The lowest BCUT2D eigenvalue weighted by Gasteiger charge is -2.37. The number of nitrogens with two attached hydrogens (primary N) is 1. The fourth-order valence-corrected chi connectivity index (χ4v) is 3.22. The quantitative estimate of drug-likeness (QED) is 0.592. The van der Waals surface area contributed by atoms with E-state index in [1.54, 1.807) is 6.07 Å². The molecule has 2 aliphatic heterocycles. The first-order chi connectivity index (χ1) is 8.09. The van der Waals surface area contributed by atoms with Crippen molar-refractivity contribution in [3.63, 3.8) is 0 Å². The van der Waals surface area contributed by atoms with Gasteiger partial charge in [0, 0.05) is 29.9 Å². The molecule has 0 saturated carbocycles. The van der Waals surface area contributed by atoms with Crippen LogP contribution >= 0.6 is 0 Å². The molecule has 0 radical (unpaired) electrons. The van der Waals surface area contributed by atoms with Crippen LogP contribution < -0.4 is 5.73 Å². The minimum Gasteiger partial charge on any atom is -0.508 e. The Hall–Kier alpha value is -1.26. The third kappa shape index (κ3) is 1.44. The van der Waals surface area contributed by atoms with E-state index < -0.39 is 6.10 Å². The summed E-state index contributed by atoms with van der Waals surface area (Å²) in [6, 6.07) is 1.76. The molecule has 2 aliphatic rings. The van der Waals surface area contributed by atoms with Gasteiger partial charge in [-0.1, -0.05) is 0 Å². The van der Waals surface area contributed by atoms with Gasteiger partial charge < -0.3 is 15.9 Å². The molecule has 2 atom stereocenters. The third-order valence-electron chi connectivity index (χ3n) is 4.20. The number of fused-ring (bicyclic) bond motifs is 2. The summed E-state index contributed by atoms with van der Waals surface area (Å²) in [5, 5.41) is 20.2. The number of aliphatic hydroxyl groups excluding tert-OH is 1. The lowest BCUT2D eigenvalue weighted by molar-refractivity contribution is 0.0536. The van der Waals surface area contributed by atoms with Crippen LogP contribution in [0.1, 0.15) is 35.6 Å². The van der Waals surface area contributed by atoms with Crippen molar-refractivity contribution in [2.24, 2.45) is 0 Å². The van der Waals surface area contributed by atoms with E-state index in [-0.39, 0.29) is 11.8 Å². The second-order valence-corrected chi connectivity index (χ2v) is 5.13. The number of phenols is 1. The molecule has 92 valence electrons. The number of rotatable bonds is 0. The monoisotopic (exact) mass is 234 g/mol. The molecule has 2 heterocycles. The van der Waals surface area contributed by atoms with Crippen LogP contribution in [0, 0.1) is 6.92 Å². The molecule has 0 aromatic heterocycles. The van der Waals surface area contributed by atoms with Crippen molar-refractivity contribution in [2.75, 3.05) is 12.3 Å². The number of aliphatic hydroxyl groups is 1. The summed E-state index contributed by atoms with van der Waals surface area (Å²) in [5.74, 6) is 0.228. The largest absolute Gasteiger partial charge is 0.508 e. The maximum absolute atomic E-state index is 10.4. The predicted molar refractivity (Wildman–Crippen MR) is 65.6 cm³/mol. The number of hydrogen-bond acceptors (Lipinski definition) is 4. The zero-order valence-electron chi connectivity index (χ0n) is 9.98. The minimum absolute atomic E-state index is 0.203. The molecule has 0 aliphatic carbocycles. The van der Waals surface area contributed by atoms with Crippen LogP contribution in [-0.4, -0.2) is 27.7 Å². The van der Waals surface area contributed by atoms with Gasteiger partial charge in [0.25, 0.3) is 0 Å². The fourth-order valence-electron chi connectivity index (χ4n) is 3.22. The van der Waals surface area contributed by atoms with Gasteiger partial charge in [-0.15, -0.1) is 0 Å². The molecule has 4 N–H and O–H groups in total. The van der Waals surface area contributed by atoms with Crippen LogP contribution in [0.25, 0.3) is 0 Å². The Labute approximate surface area is 101 Å². The zero-order chi connectivity index (χ0) is 12.2. The summed E-state index contributed by atoms with van der Waals surface area (Å²) in [6.07, 6.45) is 1.64. The number of aromatic hydroxyl groups is 1. The van der Waals surface area contributed by atoms with E-state index in [0.29, 0.717) is 5.69 Å². The average molecular weight is 234 g/mol. The molecule has 4 nitrogen and oxygen atoms in total. The molecule has 0 spiro atoms. The first-order valence-electron chi connectivity index (χ1n) is 6.12. The van der Waals surface area contributed by atoms with E-state index in [0.717, 1.165) is 42.6 Å². The number of benzene rings is 1. The van der Waals surface area contributed by atoms with E-state index in [1.807, 2.05) is 6.92 Å². The molecule has 1 fully saturated rings. The summed E-state index contributed by atoms with van der Waals surface area (Å²) in [6.45, 7) is 3.70. The van der Waals surface area contributed by atoms with Crippen molar-refractivity contribution in [2.45, 2.75) is 38.5 Å². The minimum atomic E-state index is -0.513. The molecule has 1 aromatic carbocycles. The second-order valence-electron chi connectivity index (χ2n) is 5.13. The molecule has 0 bridgehead atoms. The molecule has 1 unspecified atom stereocenters. The van der Waals surface area contributed by atoms with Crippen molar-refractivity contribution in [3.05, 3.63) is 22.8 Å². The van der Waals surface area contributed by atoms with Crippen molar-refractivity contribution in [1.82, 2.24) is 4.90 Å². The summed E-state index contributed by atoms with van der Waals surface area (Å²) in [7, 11) is 0. The average Bonchev–Trinajstić information content (AvgIpc) is 2.74. The Balaban J connectivity index is 2.17. The highest BCUT2D eigenvalue weighted by Gasteiger charge is 2.38. The van der Waals surface area contributed by atoms with Crippen LogP contribution in [0.5, 0.6) is 5.75 Å². The van der Waals surface area contributed by atoms with Gasteiger partial charge in [-0.25, -0.2) is 0 Å². The maximum atomic E-state index is 10.4. The molecular weight excluding hydrogens is 216 g/mol. The molecule has 0 amide bonds. The third-order valence-corrected chi connectivity index (χ3v) is 4.20. The highest BCUT2D eigenvalue weighted by molar-refractivity contribution is 5.61. The fraction of sp³-hybridized carbons (Fsp3) is 0.538. The molecule has 1 saturated heterocycles. The lowest BCUT2D eigenvalue weighted by atomic mass is 9.87. The normalized spacial score (nSPS) is 27.9. The topological polar surface area (TPSA) is 69.7 Å². The number of anilines is 1. The van der Waals surface area contributed by atoms with E-state index in [9.17, 15) is 10.2 Å². The van der Waals surface area contributed by atoms with Gasteiger partial charge in [0.05, 0.1) is 6.10 Å². The first kappa shape index (κ1) is 10.9. The van der Waals surface area contributed by atoms with Gasteiger partial charge in [0.15, 0.2) is 0 Å². The summed E-state index contributed by atoms with van der Waals surface area (Å²) in [4.78, 5) is 2.29. The zero-order valence-corrected chi connectivity index (χ0v) is 9.98. The van der Waals surface area contributed by atoms with Crippen molar-refractivity contribution in [3.8, 4) is 5.75 Å². The van der Waals surface area contributed by atoms with Gasteiger partial charge in [0.2, 0.25) is 0 Å². The van der Waals surface area contributed by atoms with Gasteiger partial charge in [-0.3, -0.25) is 4.90 Å². The Morgan fingerprint density at radius 3 is 3.00 bits per heavy atom. The highest BCUT2D eigenvalue weighted by Crippen LogP contribution is 2.43. The van der Waals surface area contributed by atoms with Crippen LogP contribution in [0.4, 0.5) is 5.69 Å². The van der Waals surface area contributed by atoms with Gasteiger partial charge in [-0.2, -0.15) is 0 Å². The van der Waals surface area contributed by atoms with Crippen LogP contribution in [0.3, 0.4) is 0 Å². The number of hydrogen-bond donors (Lipinski definition) is 3.